The van der Waals surface area contributed by atoms with Gasteiger partial charge in [-0.1, -0.05) is 57.4 Å². The molecule has 1 fully saturated rings. The largest absolute Gasteiger partial charge is 0.443 e. The zero-order chi connectivity index (χ0) is 34.1. The molecule has 1 aromatic heterocycles. The number of aromatic nitrogens is 2. The predicted octanol–water partition coefficient (Wildman–Crippen LogP) is 6.93. The molecule has 1 aliphatic rings. The van der Waals surface area contributed by atoms with Crippen molar-refractivity contribution in [2.24, 2.45) is 7.05 Å². The van der Waals surface area contributed by atoms with Crippen LogP contribution >= 0.6 is 0 Å². The van der Waals surface area contributed by atoms with Gasteiger partial charge in [0.25, 0.3) is 0 Å². The summed E-state index contributed by atoms with van der Waals surface area (Å²) in [4.78, 5) is 63.2. The number of rotatable bonds is 14. The van der Waals surface area contributed by atoms with Crippen LogP contribution in [-0.4, -0.2) is 55.8 Å². The van der Waals surface area contributed by atoms with E-state index in [1.807, 2.05) is 18.2 Å². The van der Waals surface area contributed by atoms with Crippen LogP contribution < -0.4 is 11.0 Å². The molecular weight excluding hydrogens is 588 g/mol. The number of carbonyl (C=O) groups excluding carboxylic acids is 4. The number of benzene rings is 1. The van der Waals surface area contributed by atoms with Crippen molar-refractivity contribution in [3.63, 3.8) is 0 Å². The second-order valence-electron chi connectivity index (χ2n) is 14.4. The van der Waals surface area contributed by atoms with Gasteiger partial charge in [-0.15, -0.1) is 0 Å². The normalized spacial score (nSPS) is 15.6. The minimum atomic E-state index is -0.693. The summed E-state index contributed by atoms with van der Waals surface area (Å²) in [6.45, 7) is 10.9. The highest BCUT2D eigenvalue weighted by molar-refractivity contribution is 6.00. The number of unbranched alkanes of at least 4 members (excludes halogenated alkanes) is 9. The molecule has 0 aliphatic carbocycles. The molecule has 0 saturated carbocycles. The lowest BCUT2D eigenvalue weighted by atomic mass is 10.0. The lowest BCUT2D eigenvalue weighted by molar-refractivity contribution is -0.135. The average molecular weight is 643 g/mol. The predicted molar refractivity (Wildman–Crippen MR) is 178 cm³/mol. The molecular formula is C35H54N4O7. The summed E-state index contributed by atoms with van der Waals surface area (Å²) in [5.41, 5.74) is 1.05. The molecule has 1 N–H and O–H groups in total. The van der Waals surface area contributed by atoms with E-state index >= 15 is 0 Å². The van der Waals surface area contributed by atoms with Gasteiger partial charge in [0, 0.05) is 20.0 Å². The van der Waals surface area contributed by atoms with Gasteiger partial charge in [-0.05, 0) is 84.9 Å². The quantitative estimate of drug-likeness (QED) is 0.175. The Morgan fingerprint density at radius 1 is 0.804 bits per heavy atom. The van der Waals surface area contributed by atoms with Crippen LogP contribution in [0, 0.1) is 0 Å². The van der Waals surface area contributed by atoms with Crippen molar-refractivity contribution in [2.75, 3.05) is 6.54 Å². The van der Waals surface area contributed by atoms with E-state index in [0.29, 0.717) is 18.4 Å². The highest BCUT2D eigenvalue weighted by atomic mass is 16.6. The molecule has 11 nitrogen and oxygen atoms in total. The molecule has 3 rings (SSSR count). The molecule has 0 spiro atoms. The van der Waals surface area contributed by atoms with E-state index in [-0.39, 0.29) is 24.6 Å². The van der Waals surface area contributed by atoms with E-state index in [2.05, 4.69) is 5.32 Å². The maximum absolute atomic E-state index is 13.0. The Labute approximate surface area is 273 Å². The highest BCUT2D eigenvalue weighted by Crippen LogP contribution is 2.24. The summed E-state index contributed by atoms with van der Waals surface area (Å²) in [7, 11) is 1.72. The van der Waals surface area contributed by atoms with Gasteiger partial charge in [0.1, 0.15) is 17.2 Å². The lowest BCUT2D eigenvalue weighted by Gasteiger charge is -2.28. The number of nitrogens with one attached hydrogen (secondary N) is 1. The van der Waals surface area contributed by atoms with Crippen LogP contribution in [0.4, 0.5) is 9.59 Å². The number of ether oxygens (including phenoxy) is 2. The third kappa shape index (κ3) is 11.0. The van der Waals surface area contributed by atoms with Crippen molar-refractivity contribution in [3.8, 4) is 0 Å². The van der Waals surface area contributed by atoms with E-state index in [0.717, 1.165) is 55.4 Å². The van der Waals surface area contributed by atoms with E-state index in [9.17, 15) is 24.0 Å². The monoisotopic (exact) mass is 642 g/mol. The van der Waals surface area contributed by atoms with Crippen molar-refractivity contribution >= 4 is 35.0 Å². The lowest BCUT2D eigenvalue weighted by Crippen LogP contribution is -2.44. The van der Waals surface area contributed by atoms with Crippen molar-refractivity contribution in [1.82, 2.24) is 19.4 Å². The van der Waals surface area contributed by atoms with E-state index in [1.165, 1.54) is 29.4 Å². The molecule has 1 saturated heterocycles. The Hall–Kier alpha value is -3.63. The molecule has 1 aromatic carbocycles. The fourth-order valence-corrected chi connectivity index (χ4v) is 5.70. The smallest absolute Gasteiger partial charge is 0.419 e. The Morgan fingerprint density at radius 3 is 1.85 bits per heavy atom. The van der Waals surface area contributed by atoms with Gasteiger partial charge in [0.15, 0.2) is 0 Å². The van der Waals surface area contributed by atoms with Gasteiger partial charge >= 0.3 is 17.9 Å². The van der Waals surface area contributed by atoms with Crippen LogP contribution in [0.2, 0.25) is 0 Å². The second-order valence-corrected chi connectivity index (χ2v) is 14.4. The topological polar surface area (TPSA) is 129 Å². The Kier molecular flexibility index (Phi) is 13.0. The Bertz CT molecular complexity index is 1400. The number of hydrogen-bond donors (Lipinski definition) is 1. The molecule has 1 aliphatic heterocycles. The first-order chi connectivity index (χ1) is 21.6. The van der Waals surface area contributed by atoms with Gasteiger partial charge in [0.2, 0.25) is 11.8 Å². The van der Waals surface area contributed by atoms with Gasteiger partial charge in [0.05, 0.1) is 11.0 Å². The number of carbonyl (C=O) groups is 4. The fraction of sp³-hybridized carbons (Fsp3) is 0.686. The number of nitrogens with zero attached hydrogens (tertiary/aromatic N) is 3. The second kappa shape index (κ2) is 16.3. The Morgan fingerprint density at radius 2 is 1.33 bits per heavy atom. The summed E-state index contributed by atoms with van der Waals surface area (Å²) < 4.78 is 13.9. The van der Waals surface area contributed by atoms with Crippen molar-refractivity contribution in [2.45, 2.75) is 142 Å². The summed E-state index contributed by atoms with van der Waals surface area (Å²) in [6.07, 6.45) is 10.9. The zero-order valence-electron chi connectivity index (χ0n) is 28.9. The minimum Gasteiger partial charge on any atom is -0.443 e. The van der Waals surface area contributed by atoms with Crippen molar-refractivity contribution in [1.29, 1.82) is 0 Å². The van der Waals surface area contributed by atoms with Crippen LogP contribution in [0.3, 0.4) is 0 Å². The first-order valence-corrected chi connectivity index (χ1v) is 16.8. The third-order valence-electron chi connectivity index (χ3n) is 8.00. The SMILES string of the molecule is Cn1c(=O)n(C2CCC(=O)NC2=O)c2ccc(CCCCCCCCCCCCN(C(=O)OC(C)(C)C)C(=O)OC(C)(C)C)cc21. The van der Waals surface area contributed by atoms with Gasteiger partial charge in [-0.2, -0.15) is 0 Å². The third-order valence-corrected chi connectivity index (χ3v) is 8.00. The number of imidazole rings is 1. The molecule has 46 heavy (non-hydrogen) atoms. The summed E-state index contributed by atoms with van der Waals surface area (Å²) >= 11 is 0. The maximum Gasteiger partial charge on any atom is 0.419 e. The molecule has 0 radical (unpaired) electrons. The molecule has 256 valence electrons. The molecule has 1 unspecified atom stereocenters. The summed E-state index contributed by atoms with van der Waals surface area (Å²) in [5, 5.41) is 2.35. The van der Waals surface area contributed by atoms with E-state index in [1.54, 1.807) is 53.2 Å². The van der Waals surface area contributed by atoms with Crippen LogP contribution in [0.25, 0.3) is 11.0 Å². The first kappa shape index (κ1) is 36.8. The number of hydrogen-bond acceptors (Lipinski definition) is 7. The number of piperidine rings is 1. The van der Waals surface area contributed by atoms with Gasteiger partial charge in [-0.25, -0.2) is 19.3 Å². The van der Waals surface area contributed by atoms with Gasteiger partial charge in [-0.3, -0.25) is 24.0 Å². The van der Waals surface area contributed by atoms with Crippen LogP contribution in [0.5, 0.6) is 0 Å². The molecule has 1 atom stereocenters. The van der Waals surface area contributed by atoms with E-state index in [4.69, 9.17) is 9.47 Å². The number of imide groups is 2. The number of amides is 4. The van der Waals surface area contributed by atoms with Crippen molar-refractivity contribution in [3.05, 3.63) is 34.2 Å². The standard InChI is InChI=1S/C35H54N4O7/c1-34(2,3)45-32(43)38(33(44)46-35(4,5)6)23-17-15-13-11-9-8-10-12-14-16-18-25-19-20-26-28(24-25)37(7)31(42)39(26)27-21-22-29(40)36-30(27)41/h19-20,24,27H,8-18,21-23H2,1-7H3,(H,36,40,41). The van der Waals surface area contributed by atoms with Crippen molar-refractivity contribution < 1.29 is 28.7 Å². The Balaban J connectivity index is 1.32. The summed E-state index contributed by atoms with van der Waals surface area (Å²) in [6, 6.07) is 5.32. The molecule has 2 heterocycles. The van der Waals surface area contributed by atoms with Crippen LogP contribution in [0.15, 0.2) is 23.0 Å². The molecule has 11 heteroatoms. The number of fused-ring (bicyclic) bond motifs is 1. The van der Waals surface area contributed by atoms with Crippen LogP contribution in [0.1, 0.15) is 130 Å². The minimum absolute atomic E-state index is 0.227. The first-order valence-electron chi connectivity index (χ1n) is 16.8. The number of aryl methyl sites for hydroxylation is 2. The van der Waals surface area contributed by atoms with Crippen LogP contribution in [-0.2, 0) is 32.5 Å². The van der Waals surface area contributed by atoms with Gasteiger partial charge < -0.3 is 9.47 Å². The zero-order valence-corrected chi connectivity index (χ0v) is 28.9. The molecule has 4 amide bonds. The highest BCUT2D eigenvalue weighted by Gasteiger charge is 2.32. The fourth-order valence-electron chi connectivity index (χ4n) is 5.70. The van der Waals surface area contributed by atoms with E-state index < -0.39 is 35.3 Å². The average Bonchev–Trinajstić information content (AvgIpc) is 3.18. The maximum atomic E-state index is 13.0. The molecule has 0 bridgehead atoms. The molecule has 2 aromatic rings. The summed E-state index contributed by atoms with van der Waals surface area (Å²) in [5.74, 6) is -0.716.